The van der Waals surface area contributed by atoms with Crippen LogP contribution in [0.2, 0.25) is 0 Å². The highest BCUT2D eigenvalue weighted by Crippen LogP contribution is 2.30. The van der Waals surface area contributed by atoms with E-state index in [9.17, 15) is 4.79 Å². The van der Waals surface area contributed by atoms with Crippen molar-refractivity contribution in [3.63, 3.8) is 0 Å². The highest BCUT2D eigenvalue weighted by atomic mass is 79.9. The number of aromatic nitrogens is 1. The minimum atomic E-state index is -0.0967. The van der Waals surface area contributed by atoms with Crippen molar-refractivity contribution in [2.75, 3.05) is 5.32 Å². The fourth-order valence-corrected chi connectivity index (χ4v) is 4.57. The molecule has 1 N–H and O–H groups in total. The molecule has 4 rings (SSSR count). The molecule has 0 aliphatic heterocycles. The lowest BCUT2D eigenvalue weighted by atomic mass is 10.1. The molecule has 2 aromatic heterocycles. The fraction of sp³-hybridized carbons (Fsp3) is 0.100. The number of pyridine rings is 1. The zero-order chi connectivity index (χ0) is 17.6. The van der Waals surface area contributed by atoms with Gasteiger partial charge in [-0.3, -0.25) is 4.79 Å². The fourth-order valence-electron chi connectivity index (χ4n) is 2.97. The summed E-state index contributed by atoms with van der Waals surface area (Å²) in [5.41, 5.74) is 3.88. The van der Waals surface area contributed by atoms with Crippen LogP contribution in [0.1, 0.15) is 20.8 Å². The second-order valence-corrected chi connectivity index (χ2v) is 8.00. The molecule has 3 nitrogen and oxygen atoms in total. The van der Waals surface area contributed by atoms with Gasteiger partial charge in [0.05, 0.1) is 10.4 Å². The third-order valence-corrected chi connectivity index (χ3v) is 5.67. The van der Waals surface area contributed by atoms with Gasteiger partial charge in [0, 0.05) is 20.9 Å². The predicted octanol–water partition coefficient (Wildman–Crippen LogP) is 6.08. The first kappa shape index (κ1) is 16.2. The van der Waals surface area contributed by atoms with Crippen molar-refractivity contribution in [3.05, 3.63) is 69.0 Å². The van der Waals surface area contributed by atoms with Gasteiger partial charge in [0.1, 0.15) is 4.83 Å². The molecule has 0 radical (unpaired) electrons. The number of thiophene rings is 1. The van der Waals surface area contributed by atoms with Crippen molar-refractivity contribution in [2.45, 2.75) is 13.8 Å². The quantitative estimate of drug-likeness (QED) is 0.434. The lowest BCUT2D eigenvalue weighted by molar-refractivity contribution is 0.103. The van der Waals surface area contributed by atoms with E-state index in [2.05, 4.69) is 32.3 Å². The Labute approximate surface area is 157 Å². The number of hydrogen-bond donors (Lipinski definition) is 1. The van der Waals surface area contributed by atoms with Gasteiger partial charge in [-0.15, -0.1) is 11.3 Å². The highest BCUT2D eigenvalue weighted by molar-refractivity contribution is 9.10. The van der Waals surface area contributed by atoms with E-state index in [1.54, 1.807) is 0 Å². The third kappa shape index (κ3) is 3.05. The minimum absolute atomic E-state index is 0.0967. The number of rotatable bonds is 2. The summed E-state index contributed by atoms with van der Waals surface area (Å²) in [4.78, 5) is 18.9. The van der Waals surface area contributed by atoms with Gasteiger partial charge >= 0.3 is 0 Å². The van der Waals surface area contributed by atoms with Crippen LogP contribution in [-0.2, 0) is 0 Å². The maximum atomic E-state index is 12.7. The molecule has 0 fully saturated rings. The van der Waals surface area contributed by atoms with Gasteiger partial charge in [0.25, 0.3) is 5.91 Å². The molecule has 124 valence electrons. The summed E-state index contributed by atoms with van der Waals surface area (Å²) in [6.45, 7) is 3.99. The number of benzene rings is 2. The van der Waals surface area contributed by atoms with Gasteiger partial charge in [-0.1, -0.05) is 34.1 Å². The molecule has 2 heterocycles. The first-order valence-electron chi connectivity index (χ1n) is 7.89. The molecular weight excluding hydrogens is 396 g/mol. The molecule has 0 bridgehead atoms. The molecule has 0 atom stereocenters. The summed E-state index contributed by atoms with van der Waals surface area (Å²) in [6, 6.07) is 16.0. The number of anilines is 1. The average molecular weight is 411 g/mol. The van der Waals surface area contributed by atoms with Crippen LogP contribution >= 0.6 is 27.3 Å². The third-order valence-electron chi connectivity index (χ3n) is 4.17. The Balaban J connectivity index is 1.72. The molecule has 0 aliphatic carbocycles. The average Bonchev–Trinajstić information content (AvgIpc) is 2.98. The van der Waals surface area contributed by atoms with Crippen LogP contribution in [0.4, 0.5) is 5.69 Å². The number of hydrogen-bond acceptors (Lipinski definition) is 3. The Kier molecular flexibility index (Phi) is 4.06. The largest absolute Gasteiger partial charge is 0.321 e. The van der Waals surface area contributed by atoms with Crippen LogP contribution in [0.5, 0.6) is 0 Å². The summed E-state index contributed by atoms with van der Waals surface area (Å²) in [6.07, 6.45) is 0. The Morgan fingerprint density at radius 1 is 1.04 bits per heavy atom. The lowest BCUT2D eigenvalue weighted by Crippen LogP contribution is -2.12. The van der Waals surface area contributed by atoms with Crippen molar-refractivity contribution < 1.29 is 4.79 Å². The van der Waals surface area contributed by atoms with Crippen LogP contribution in [0, 0.1) is 13.8 Å². The minimum Gasteiger partial charge on any atom is -0.321 e. The van der Waals surface area contributed by atoms with Gasteiger partial charge in [0.2, 0.25) is 0 Å². The number of fused-ring (bicyclic) bond motifs is 2. The standard InChI is InChI=1S/C20H15BrN2OS/c1-11-7-15(21)8-12(2)18(11)23-19(24)17-10-14-9-13-5-3-4-6-16(13)22-20(14)25-17/h3-10H,1-2H3,(H,23,24). The molecule has 2 aromatic carbocycles. The van der Waals surface area contributed by atoms with Gasteiger partial charge in [-0.2, -0.15) is 0 Å². The molecule has 4 aromatic rings. The molecule has 0 aliphatic rings. The van der Waals surface area contributed by atoms with E-state index in [1.165, 1.54) is 11.3 Å². The van der Waals surface area contributed by atoms with E-state index >= 15 is 0 Å². The zero-order valence-corrected chi connectivity index (χ0v) is 16.2. The Hall–Kier alpha value is -2.24. The summed E-state index contributed by atoms with van der Waals surface area (Å²) in [5.74, 6) is -0.0967. The van der Waals surface area contributed by atoms with Crippen molar-refractivity contribution >= 4 is 60.0 Å². The van der Waals surface area contributed by atoms with Crippen molar-refractivity contribution in [1.82, 2.24) is 4.98 Å². The smallest absolute Gasteiger partial charge is 0.265 e. The van der Waals surface area contributed by atoms with Gasteiger partial charge < -0.3 is 5.32 Å². The Morgan fingerprint density at radius 2 is 1.76 bits per heavy atom. The number of nitrogens with zero attached hydrogens (tertiary/aromatic N) is 1. The highest BCUT2D eigenvalue weighted by Gasteiger charge is 2.14. The maximum absolute atomic E-state index is 12.7. The molecular formula is C20H15BrN2OS. The van der Waals surface area contributed by atoms with Crippen molar-refractivity contribution in [1.29, 1.82) is 0 Å². The van der Waals surface area contributed by atoms with Gasteiger partial charge in [-0.25, -0.2) is 4.98 Å². The molecule has 5 heteroatoms. The molecule has 1 amide bonds. The first-order valence-corrected chi connectivity index (χ1v) is 9.49. The van der Waals surface area contributed by atoms with E-state index in [0.29, 0.717) is 4.88 Å². The summed E-state index contributed by atoms with van der Waals surface area (Å²) < 4.78 is 1.01. The number of carbonyl (C=O) groups is 1. The summed E-state index contributed by atoms with van der Waals surface area (Å²) >= 11 is 4.91. The number of amides is 1. The van der Waals surface area contributed by atoms with Crippen LogP contribution in [0.3, 0.4) is 0 Å². The maximum Gasteiger partial charge on any atom is 0.265 e. The number of aryl methyl sites for hydroxylation is 2. The summed E-state index contributed by atoms with van der Waals surface area (Å²) in [7, 11) is 0. The van der Waals surface area contributed by atoms with E-state index in [0.717, 1.165) is 42.4 Å². The zero-order valence-electron chi connectivity index (χ0n) is 13.8. The Bertz CT molecular complexity index is 1060. The van der Waals surface area contributed by atoms with Crippen LogP contribution in [0.25, 0.3) is 21.1 Å². The van der Waals surface area contributed by atoms with Gasteiger partial charge in [0.15, 0.2) is 0 Å². The van der Waals surface area contributed by atoms with Crippen LogP contribution in [-0.4, -0.2) is 10.9 Å². The van der Waals surface area contributed by atoms with E-state index in [-0.39, 0.29) is 5.91 Å². The molecule has 25 heavy (non-hydrogen) atoms. The monoisotopic (exact) mass is 410 g/mol. The molecule has 0 unspecified atom stereocenters. The number of carbonyl (C=O) groups excluding carboxylic acids is 1. The SMILES string of the molecule is Cc1cc(Br)cc(C)c1NC(=O)c1cc2cc3ccccc3nc2s1. The van der Waals surface area contributed by atoms with E-state index < -0.39 is 0 Å². The summed E-state index contributed by atoms with van der Waals surface area (Å²) in [5, 5.41) is 5.13. The van der Waals surface area contributed by atoms with E-state index in [4.69, 9.17) is 0 Å². The second kappa shape index (κ2) is 6.24. The first-order chi connectivity index (χ1) is 12.0. The lowest BCUT2D eigenvalue weighted by Gasteiger charge is -2.11. The van der Waals surface area contributed by atoms with Crippen molar-refractivity contribution in [3.8, 4) is 0 Å². The Morgan fingerprint density at radius 3 is 2.52 bits per heavy atom. The topological polar surface area (TPSA) is 42.0 Å². The van der Waals surface area contributed by atoms with Crippen LogP contribution < -0.4 is 5.32 Å². The molecule has 0 spiro atoms. The van der Waals surface area contributed by atoms with E-state index in [1.807, 2.05) is 56.3 Å². The number of nitrogens with one attached hydrogen (secondary N) is 1. The molecule has 0 saturated carbocycles. The van der Waals surface area contributed by atoms with Gasteiger partial charge in [-0.05, 0) is 55.3 Å². The predicted molar refractivity (Wildman–Crippen MR) is 109 cm³/mol. The number of para-hydroxylation sites is 1. The van der Waals surface area contributed by atoms with Crippen LogP contribution in [0.15, 0.2) is 53.0 Å². The normalized spacial score (nSPS) is 11.2. The second-order valence-electron chi connectivity index (χ2n) is 6.05. The number of halogens is 1. The van der Waals surface area contributed by atoms with Crippen molar-refractivity contribution in [2.24, 2.45) is 0 Å². The molecule has 0 saturated heterocycles.